The molecule has 1 aromatic rings. The van der Waals surface area contributed by atoms with E-state index in [1.165, 1.54) is 31.6 Å². The molecule has 1 heterocycles. The van der Waals surface area contributed by atoms with Crippen LogP contribution in [0.5, 0.6) is 5.75 Å². The summed E-state index contributed by atoms with van der Waals surface area (Å²) in [6.45, 7) is 9.71. The molecule has 0 unspecified atom stereocenters. The van der Waals surface area contributed by atoms with Crippen LogP contribution in [-0.2, 0) is 0 Å². The van der Waals surface area contributed by atoms with Gasteiger partial charge < -0.3 is 9.64 Å². The number of benzene rings is 1. The highest BCUT2D eigenvalue weighted by Gasteiger charge is 2.13. The standard InChI is InChI=1S/C15H23NO/c1-15(2,3)12-17-14-8-6-13(7-9-14)16-10-4-5-11-16/h6-9H,4-5,10-12H2,1-3H3. The highest BCUT2D eigenvalue weighted by atomic mass is 16.5. The van der Waals surface area contributed by atoms with Crippen LogP contribution in [0.1, 0.15) is 33.6 Å². The average molecular weight is 233 g/mol. The second kappa shape index (κ2) is 4.99. The van der Waals surface area contributed by atoms with E-state index in [2.05, 4.69) is 49.9 Å². The molecule has 0 radical (unpaired) electrons. The monoisotopic (exact) mass is 233 g/mol. The van der Waals surface area contributed by atoms with Gasteiger partial charge in [-0.3, -0.25) is 0 Å². The van der Waals surface area contributed by atoms with Crippen molar-refractivity contribution in [2.45, 2.75) is 33.6 Å². The smallest absolute Gasteiger partial charge is 0.119 e. The van der Waals surface area contributed by atoms with Crippen molar-refractivity contribution in [1.82, 2.24) is 0 Å². The lowest BCUT2D eigenvalue weighted by molar-refractivity contribution is 0.198. The maximum atomic E-state index is 5.77. The molecule has 0 amide bonds. The van der Waals surface area contributed by atoms with Gasteiger partial charge in [0.05, 0.1) is 6.61 Å². The van der Waals surface area contributed by atoms with Crippen molar-refractivity contribution in [2.75, 3.05) is 24.6 Å². The number of ether oxygens (including phenoxy) is 1. The molecule has 1 aliphatic heterocycles. The fourth-order valence-electron chi connectivity index (χ4n) is 2.03. The van der Waals surface area contributed by atoms with Crippen molar-refractivity contribution >= 4 is 5.69 Å². The first-order valence-corrected chi connectivity index (χ1v) is 6.52. The fourth-order valence-corrected chi connectivity index (χ4v) is 2.03. The van der Waals surface area contributed by atoms with Crippen LogP contribution in [0.4, 0.5) is 5.69 Å². The van der Waals surface area contributed by atoms with Crippen LogP contribution in [0.25, 0.3) is 0 Å². The van der Waals surface area contributed by atoms with Gasteiger partial charge in [0.2, 0.25) is 0 Å². The third-order valence-corrected chi connectivity index (χ3v) is 2.98. The second-order valence-electron chi connectivity index (χ2n) is 6.04. The summed E-state index contributed by atoms with van der Waals surface area (Å²) in [5.74, 6) is 0.975. The molecule has 2 rings (SSSR count). The molecule has 0 aromatic heterocycles. The summed E-state index contributed by atoms with van der Waals surface area (Å²) in [4.78, 5) is 2.44. The van der Waals surface area contributed by atoms with Crippen molar-refractivity contribution < 1.29 is 4.74 Å². The first-order chi connectivity index (χ1) is 8.04. The first-order valence-electron chi connectivity index (χ1n) is 6.52. The minimum atomic E-state index is 0.216. The summed E-state index contributed by atoms with van der Waals surface area (Å²) in [6.07, 6.45) is 2.64. The van der Waals surface area contributed by atoms with E-state index in [0.29, 0.717) is 0 Å². The topological polar surface area (TPSA) is 12.5 Å². The minimum absolute atomic E-state index is 0.216. The van der Waals surface area contributed by atoms with Crippen LogP contribution in [0.2, 0.25) is 0 Å². The van der Waals surface area contributed by atoms with Gasteiger partial charge in [-0.25, -0.2) is 0 Å². The van der Waals surface area contributed by atoms with Crippen LogP contribution in [-0.4, -0.2) is 19.7 Å². The van der Waals surface area contributed by atoms with Crippen molar-refractivity contribution in [2.24, 2.45) is 5.41 Å². The molecule has 2 heteroatoms. The van der Waals surface area contributed by atoms with E-state index >= 15 is 0 Å². The van der Waals surface area contributed by atoms with E-state index in [9.17, 15) is 0 Å². The maximum Gasteiger partial charge on any atom is 0.119 e. The molecule has 1 aromatic carbocycles. The van der Waals surface area contributed by atoms with E-state index in [0.717, 1.165) is 12.4 Å². The summed E-state index contributed by atoms with van der Waals surface area (Å²) in [5.41, 5.74) is 1.54. The molecule has 0 atom stereocenters. The van der Waals surface area contributed by atoms with E-state index in [1.807, 2.05) is 0 Å². The number of rotatable bonds is 3. The lowest BCUT2D eigenvalue weighted by atomic mass is 9.99. The van der Waals surface area contributed by atoms with Gasteiger partial charge in [0.25, 0.3) is 0 Å². The summed E-state index contributed by atoms with van der Waals surface area (Å²) in [5, 5.41) is 0. The predicted octanol–water partition coefficient (Wildman–Crippen LogP) is 3.71. The molecule has 17 heavy (non-hydrogen) atoms. The largest absolute Gasteiger partial charge is 0.493 e. The molecule has 2 nitrogen and oxygen atoms in total. The van der Waals surface area contributed by atoms with Crippen molar-refractivity contribution in [3.63, 3.8) is 0 Å². The summed E-state index contributed by atoms with van der Waals surface area (Å²) >= 11 is 0. The van der Waals surface area contributed by atoms with Crippen molar-refractivity contribution in [3.05, 3.63) is 24.3 Å². The molecule has 1 fully saturated rings. The minimum Gasteiger partial charge on any atom is -0.493 e. The summed E-state index contributed by atoms with van der Waals surface area (Å²) in [7, 11) is 0. The number of hydrogen-bond acceptors (Lipinski definition) is 2. The number of hydrogen-bond donors (Lipinski definition) is 0. The molecule has 1 aliphatic rings. The average Bonchev–Trinajstić information content (AvgIpc) is 2.79. The van der Waals surface area contributed by atoms with Gasteiger partial charge in [-0.05, 0) is 42.5 Å². The Bertz CT molecular complexity index is 344. The summed E-state index contributed by atoms with van der Waals surface area (Å²) in [6, 6.07) is 8.51. The fraction of sp³-hybridized carbons (Fsp3) is 0.600. The van der Waals surface area contributed by atoms with Crippen LogP contribution in [0.15, 0.2) is 24.3 Å². The van der Waals surface area contributed by atoms with Crippen LogP contribution >= 0.6 is 0 Å². The van der Waals surface area contributed by atoms with Gasteiger partial charge in [-0.15, -0.1) is 0 Å². The Morgan fingerprint density at radius 3 is 2.18 bits per heavy atom. The lowest BCUT2D eigenvalue weighted by Gasteiger charge is -2.20. The number of nitrogens with zero attached hydrogens (tertiary/aromatic N) is 1. The molecule has 0 N–H and O–H groups in total. The summed E-state index contributed by atoms with van der Waals surface area (Å²) < 4.78 is 5.77. The third-order valence-electron chi connectivity index (χ3n) is 2.98. The Labute approximate surface area is 105 Å². The van der Waals surface area contributed by atoms with Gasteiger partial charge in [-0.2, -0.15) is 0 Å². The van der Waals surface area contributed by atoms with Crippen LogP contribution < -0.4 is 9.64 Å². The van der Waals surface area contributed by atoms with Crippen molar-refractivity contribution in [3.8, 4) is 5.75 Å². The van der Waals surface area contributed by atoms with Gasteiger partial charge in [0, 0.05) is 18.8 Å². The highest BCUT2D eigenvalue weighted by Crippen LogP contribution is 2.24. The van der Waals surface area contributed by atoms with Crippen LogP contribution in [0, 0.1) is 5.41 Å². The highest BCUT2D eigenvalue weighted by molar-refractivity contribution is 5.49. The van der Waals surface area contributed by atoms with Gasteiger partial charge in [0.15, 0.2) is 0 Å². The molecule has 0 aliphatic carbocycles. The zero-order valence-electron chi connectivity index (χ0n) is 11.2. The van der Waals surface area contributed by atoms with E-state index in [4.69, 9.17) is 4.74 Å². The molecule has 0 saturated carbocycles. The molecular weight excluding hydrogens is 210 g/mol. The van der Waals surface area contributed by atoms with Crippen molar-refractivity contribution in [1.29, 1.82) is 0 Å². The van der Waals surface area contributed by atoms with Gasteiger partial charge in [-0.1, -0.05) is 20.8 Å². The molecule has 1 saturated heterocycles. The lowest BCUT2D eigenvalue weighted by Crippen LogP contribution is -2.18. The third kappa shape index (κ3) is 3.65. The molecular formula is C15H23NO. The van der Waals surface area contributed by atoms with E-state index in [-0.39, 0.29) is 5.41 Å². The molecule has 94 valence electrons. The Kier molecular flexibility index (Phi) is 3.60. The van der Waals surface area contributed by atoms with Gasteiger partial charge >= 0.3 is 0 Å². The maximum absolute atomic E-state index is 5.77. The Balaban J connectivity index is 1.93. The second-order valence-corrected chi connectivity index (χ2v) is 6.04. The predicted molar refractivity (Wildman–Crippen MR) is 72.8 cm³/mol. The van der Waals surface area contributed by atoms with Crippen LogP contribution in [0.3, 0.4) is 0 Å². The SMILES string of the molecule is CC(C)(C)COc1ccc(N2CCCC2)cc1. The number of anilines is 1. The zero-order chi connectivity index (χ0) is 12.3. The Hall–Kier alpha value is -1.18. The van der Waals surface area contributed by atoms with E-state index in [1.54, 1.807) is 0 Å². The Morgan fingerprint density at radius 2 is 1.65 bits per heavy atom. The van der Waals surface area contributed by atoms with Gasteiger partial charge in [0.1, 0.15) is 5.75 Å². The van der Waals surface area contributed by atoms with E-state index < -0.39 is 0 Å². The normalized spacial score (nSPS) is 16.3. The molecule has 0 spiro atoms. The zero-order valence-corrected chi connectivity index (χ0v) is 11.2. The quantitative estimate of drug-likeness (QED) is 0.789. The Morgan fingerprint density at radius 1 is 1.06 bits per heavy atom. The first kappa shape index (κ1) is 12.3. The molecule has 0 bridgehead atoms.